The normalized spacial score (nSPS) is 15.5. The number of H-pyrrole nitrogens is 1. The number of fused-ring (bicyclic) bond motifs is 1. The zero-order valence-electron chi connectivity index (χ0n) is 24.6. The van der Waals surface area contributed by atoms with E-state index in [-0.39, 0.29) is 18.0 Å². The van der Waals surface area contributed by atoms with Crippen molar-refractivity contribution in [1.82, 2.24) is 15.1 Å². The van der Waals surface area contributed by atoms with Crippen LogP contribution in [0.15, 0.2) is 54.6 Å². The zero-order chi connectivity index (χ0) is 30.7. The van der Waals surface area contributed by atoms with Gasteiger partial charge in [-0.15, -0.1) is 0 Å². The van der Waals surface area contributed by atoms with Crippen LogP contribution in [0.3, 0.4) is 0 Å². The number of benzene rings is 3. The number of aromatic amines is 1. The second-order valence-electron chi connectivity index (χ2n) is 10.7. The minimum Gasteiger partial charge on any atom is -0.384 e. The first-order valence-corrected chi connectivity index (χ1v) is 13.9. The number of aliphatic hydroxyl groups is 1. The van der Waals surface area contributed by atoms with E-state index in [9.17, 15) is 18.7 Å². The van der Waals surface area contributed by atoms with E-state index in [4.69, 9.17) is 9.47 Å². The Balaban J connectivity index is 1.46. The van der Waals surface area contributed by atoms with E-state index in [1.165, 1.54) is 0 Å². The van der Waals surface area contributed by atoms with Gasteiger partial charge in [-0.1, -0.05) is 6.07 Å². The zero-order valence-corrected chi connectivity index (χ0v) is 24.6. The number of likely N-dealkylation sites (N-methyl/N-ethyl adjacent to an activating group) is 2. The maximum atomic E-state index is 13.8. The van der Waals surface area contributed by atoms with Gasteiger partial charge in [0.1, 0.15) is 17.7 Å². The summed E-state index contributed by atoms with van der Waals surface area (Å²) in [7, 11) is 7.12. The van der Waals surface area contributed by atoms with E-state index in [1.54, 1.807) is 38.5 Å². The lowest BCUT2D eigenvalue weighted by Gasteiger charge is -2.35. The molecule has 1 amide bonds. The van der Waals surface area contributed by atoms with Crippen molar-refractivity contribution < 1.29 is 28.2 Å². The third kappa shape index (κ3) is 6.62. The molecule has 1 aliphatic rings. The minimum atomic E-state index is -1.29. The minimum absolute atomic E-state index is 0.0720. The quantitative estimate of drug-likeness (QED) is 0.237. The Morgan fingerprint density at radius 2 is 1.77 bits per heavy atom. The van der Waals surface area contributed by atoms with Gasteiger partial charge in [-0.3, -0.25) is 9.89 Å². The second-order valence-corrected chi connectivity index (χ2v) is 10.7. The fourth-order valence-electron chi connectivity index (χ4n) is 5.30. The number of amides is 1. The van der Waals surface area contributed by atoms with Gasteiger partial charge in [0.15, 0.2) is 12.0 Å². The molecule has 3 N–H and O–H groups in total. The third-order valence-electron chi connectivity index (χ3n) is 7.82. The molecule has 4 aromatic rings. The Morgan fingerprint density at radius 1 is 1.05 bits per heavy atom. The predicted molar refractivity (Wildman–Crippen MR) is 162 cm³/mol. The van der Waals surface area contributed by atoms with Crippen LogP contribution in [0.1, 0.15) is 27.6 Å². The summed E-state index contributed by atoms with van der Waals surface area (Å²) in [5.74, 6) is -1.72. The van der Waals surface area contributed by atoms with Crippen molar-refractivity contribution in [2.24, 2.45) is 0 Å². The summed E-state index contributed by atoms with van der Waals surface area (Å²) in [5, 5.41) is 21.5. The maximum absolute atomic E-state index is 13.8. The van der Waals surface area contributed by atoms with Gasteiger partial charge in [0.2, 0.25) is 0 Å². The summed E-state index contributed by atoms with van der Waals surface area (Å²) in [5.41, 5.74) is 3.12. The highest BCUT2D eigenvalue weighted by atomic mass is 19.1. The van der Waals surface area contributed by atoms with Gasteiger partial charge in [0, 0.05) is 64.6 Å². The van der Waals surface area contributed by atoms with E-state index in [2.05, 4.69) is 32.4 Å². The van der Waals surface area contributed by atoms with Gasteiger partial charge in [-0.25, -0.2) is 8.78 Å². The molecule has 0 spiro atoms. The molecular formula is C31H36F2N6O4. The summed E-state index contributed by atoms with van der Waals surface area (Å²) in [6.45, 7) is 3.90. The van der Waals surface area contributed by atoms with Gasteiger partial charge in [-0.2, -0.15) is 5.10 Å². The Morgan fingerprint density at radius 3 is 2.44 bits per heavy atom. The molecule has 1 aliphatic heterocycles. The van der Waals surface area contributed by atoms with Crippen LogP contribution in [-0.4, -0.2) is 93.4 Å². The van der Waals surface area contributed by atoms with Crippen LogP contribution < -0.4 is 15.1 Å². The molecule has 2 heterocycles. The Bertz CT molecular complexity index is 1570. The summed E-state index contributed by atoms with van der Waals surface area (Å²) in [4.78, 5) is 20.2. The largest absolute Gasteiger partial charge is 0.384 e. The summed E-state index contributed by atoms with van der Waals surface area (Å²) < 4.78 is 38.6. The van der Waals surface area contributed by atoms with Gasteiger partial charge in [0.05, 0.1) is 23.4 Å². The number of ether oxygens (including phenoxy) is 2. The number of anilines is 3. The number of aliphatic hydroxyl groups excluding tert-OH is 1. The van der Waals surface area contributed by atoms with Gasteiger partial charge in [-0.05, 0) is 60.6 Å². The molecule has 0 aliphatic carbocycles. The van der Waals surface area contributed by atoms with Crippen molar-refractivity contribution >= 4 is 34.0 Å². The van der Waals surface area contributed by atoms with E-state index >= 15 is 0 Å². The van der Waals surface area contributed by atoms with Crippen LogP contribution in [0.2, 0.25) is 0 Å². The average Bonchev–Trinajstić information content (AvgIpc) is 3.40. The van der Waals surface area contributed by atoms with Crippen LogP contribution in [-0.2, 0) is 9.47 Å². The number of carbonyl (C=O) groups is 1. The number of hydrogen-bond donors (Lipinski definition) is 3. The standard InChI is InChI=1S/C31H36F2N6O4/c1-37-9-11-39(12-10-37)23-6-7-24(27(17-23)38(2)28(43-4)18-42-3)31(41)34-30-25-15-19(5-8-26(25)35-36-30)29(40)20-13-21(32)16-22(33)14-20/h5-8,13-17,28-29,40H,9-12,18H2,1-4H3,(H2,34,35,36,41). The Kier molecular flexibility index (Phi) is 9.21. The van der Waals surface area contributed by atoms with Crippen LogP contribution in [0.4, 0.5) is 26.0 Å². The van der Waals surface area contributed by atoms with E-state index in [1.807, 2.05) is 24.1 Å². The first-order valence-electron chi connectivity index (χ1n) is 13.9. The topological polar surface area (TPSA) is 106 Å². The number of aromatic nitrogens is 2. The van der Waals surface area contributed by atoms with E-state index < -0.39 is 29.9 Å². The predicted octanol–water partition coefficient (Wildman–Crippen LogP) is 3.98. The number of nitrogens with zero attached hydrogens (tertiary/aromatic N) is 4. The number of methoxy groups -OCH3 is 2. The molecule has 0 radical (unpaired) electrons. The van der Waals surface area contributed by atoms with Crippen LogP contribution in [0.5, 0.6) is 0 Å². The summed E-state index contributed by atoms with van der Waals surface area (Å²) >= 11 is 0. The molecule has 228 valence electrons. The highest BCUT2D eigenvalue weighted by Crippen LogP contribution is 2.32. The molecule has 2 unspecified atom stereocenters. The molecule has 12 heteroatoms. The molecule has 10 nitrogen and oxygen atoms in total. The fraction of sp³-hybridized carbons (Fsp3) is 0.355. The smallest absolute Gasteiger partial charge is 0.258 e. The summed E-state index contributed by atoms with van der Waals surface area (Å²) in [6.07, 6.45) is -1.73. The third-order valence-corrected chi connectivity index (χ3v) is 7.82. The van der Waals surface area contributed by atoms with Gasteiger partial charge in [0.25, 0.3) is 5.91 Å². The molecule has 3 aromatic carbocycles. The highest BCUT2D eigenvalue weighted by molar-refractivity contribution is 6.11. The first kappa shape index (κ1) is 30.4. The van der Waals surface area contributed by atoms with Crippen LogP contribution in [0.25, 0.3) is 10.9 Å². The lowest BCUT2D eigenvalue weighted by Crippen LogP contribution is -2.44. The number of hydrogen-bond acceptors (Lipinski definition) is 8. The molecular weight excluding hydrogens is 558 g/mol. The lowest BCUT2D eigenvalue weighted by atomic mass is 10.00. The first-order chi connectivity index (χ1) is 20.7. The van der Waals surface area contributed by atoms with Crippen LogP contribution >= 0.6 is 0 Å². The van der Waals surface area contributed by atoms with Crippen molar-refractivity contribution in [3.63, 3.8) is 0 Å². The van der Waals surface area contributed by atoms with E-state index in [0.717, 1.165) is 50.1 Å². The molecule has 0 bridgehead atoms. The van der Waals surface area contributed by atoms with Crippen molar-refractivity contribution in [1.29, 1.82) is 0 Å². The maximum Gasteiger partial charge on any atom is 0.258 e. The lowest BCUT2D eigenvalue weighted by molar-refractivity contribution is 0.0294. The molecule has 2 atom stereocenters. The van der Waals surface area contributed by atoms with Crippen molar-refractivity contribution in [3.8, 4) is 0 Å². The van der Waals surface area contributed by atoms with Crippen LogP contribution in [0, 0.1) is 11.6 Å². The average molecular weight is 595 g/mol. The molecule has 1 fully saturated rings. The van der Waals surface area contributed by atoms with Crippen molar-refractivity contribution in [2.45, 2.75) is 12.3 Å². The number of piperazine rings is 1. The SMILES string of the molecule is COCC(OC)N(C)c1cc(N2CCN(C)CC2)ccc1C(=O)Nc1n[nH]c2ccc(C(O)c3cc(F)cc(F)c3)cc12. The monoisotopic (exact) mass is 594 g/mol. The fourth-order valence-corrected chi connectivity index (χ4v) is 5.30. The van der Waals surface area contributed by atoms with E-state index in [0.29, 0.717) is 27.7 Å². The van der Waals surface area contributed by atoms with Gasteiger partial charge < -0.3 is 34.6 Å². The number of carbonyl (C=O) groups excluding carboxylic acids is 1. The van der Waals surface area contributed by atoms with Gasteiger partial charge >= 0.3 is 0 Å². The Labute approximate surface area is 248 Å². The summed E-state index contributed by atoms with van der Waals surface area (Å²) in [6, 6.07) is 13.6. The Hall–Kier alpha value is -4.10. The molecule has 0 saturated carbocycles. The highest BCUT2D eigenvalue weighted by Gasteiger charge is 2.24. The molecule has 1 aromatic heterocycles. The number of nitrogens with one attached hydrogen (secondary N) is 2. The van der Waals surface area contributed by atoms with Crippen molar-refractivity contribution in [3.05, 3.63) is 82.9 Å². The molecule has 43 heavy (non-hydrogen) atoms. The second kappa shape index (κ2) is 13.0. The number of halogens is 2. The van der Waals surface area contributed by atoms with Crippen molar-refractivity contribution in [2.75, 3.05) is 76.2 Å². The molecule has 1 saturated heterocycles. The molecule has 5 rings (SSSR count). The number of rotatable bonds is 10.